The van der Waals surface area contributed by atoms with Gasteiger partial charge in [-0.15, -0.1) is 0 Å². The first-order valence-corrected chi connectivity index (χ1v) is 5.63. The van der Waals surface area contributed by atoms with Crippen molar-refractivity contribution >= 4 is 5.97 Å². The van der Waals surface area contributed by atoms with Crippen molar-refractivity contribution in [3.63, 3.8) is 0 Å². The van der Waals surface area contributed by atoms with E-state index in [0.717, 1.165) is 25.9 Å². The van der Waals surface area contributed by atoms with E-state index in [2.05, 4.69) is 10.3 Å². The molecule has 2 N–H and O–H groups in total. The van der Waals surface area contributed by atoms with Gasteiger partial charge >= 0.3 is 5.97 Å². The zero-order valence-electron chi connectivity index (χ0n) is 9.10. The van der Waals surface area contributed by atoms with Crippen molar-refractivity contribution in [3.8, 4) is 0 Å². The van der Waals surface area contributed by atoms with Crippen LogP contribution in [0.25, 0.3) is 0 Å². The lowest BCUT2D eigenvalue weighted by Gasteiger charge is -2.27. The molecule has 0 bridgehead atoms. The summed E-state index contributed by atoms with van der Waals surface area (Å²) >= 11 is 0. The van der Waals surface area contributed by atoms with Crippen LogP contribution in [0.2, 0.25) is 0 Å². The predicted molar refractivity (Wildman–Crippen MR) is 60.2 cm³/mol. The largest absolute Gasteiger partial charge is 0.481 e. The number of nitrogens with zero attached hydrogens (tertiary/aromatic N) is 1. The molecule has 0 aliphatic carbocycles. The maximum Gasteiger partial charge on any atom is 0.312 e. The van der Waals surface area contributed by atoms with Crippen LogP contribution in [0.15, 0.2) is 24.4 Å². The number of piperidine rings is 1. The van der Waals surface area contributed by atoms with Crippen molar-refractivity contribution in [2.24, 2.45) is 5.92 Å². The number of hydrogen-bond donors (Lipinski definition) is 2. The van der Waals surface area contributed by atoms with Crippen molar-refractivity contribution in [3.05, 3.63) is 30.1 Å². The second kappa shape index (κ2) is 5.07. The van der Waals surface area contributed by atoms with E-state index in [9.17, 15) is 9.90 Å². The molecule has 4 nitrogen and oxygen atoms in total. The Kier molecular flexibility index (Phi) is 3.51. The fraction of sp³-hybridized carbons (Fsp3) is 0.500. The minimum absolute atomic E-state index is 0.202. The number of aromatic nitrogens is 1. The minimum Gasteiger partial charge on any atom is -0.481 e. The summed E-state index contributed by atoms with van der Waals surface area (Å²) in [5.41, 5.74) is 0.682. The smallest absolute Gasteiger partial charge is 0.312 e. The Hall–Kier alpha value is -1.42. The summed E-state index contributed by atoms with van der Waals surface area (Å²) in [7, 11) is 0. The Bertz CT molecular complexity index is 347. The second-order valence-corrected chi connectivity index (χ2v) is 4.16. The van der Waals surface area contributed by atoms with E-state index < -0.39 is 11.9 Å². The van der Waals surface area contributed by atoms with Crippen LogP contribution in [0.4, 0.5) is 0 Å². The molecule has 16 heavy (non-hydrogen) atoms. The first-order chi connectivity index (χ1) is 7.79. The molecule has 1 aliphatic rings. The van der Waals surface area contributed by atoms with Crippen LogP contribution in [0.1, 0.15) is 24.5 Å². The molecule has 4 heteroatoms. The maximum absolute atomic E-state index is 11.3. The third-order valence-corrected chi connectivity index (χ3v) is 3.13. The van der Waals surface area contributed by atoms with Gasteiger partial charge in [-0.2, -0.15) is 0 Å². The predicted octanol–water partition coefficient (Wildman–Crippen LogP) is 1.25. The van der Waals surface area contributed by atoms with Crippen LogP contribution < -0.4 is 5.32 Å². The molecule has 1 aliphatic heterocycles. The fourth-order valence-electron chi connectivity index (χ4n) is 2.31. The van der Waals surface area contributed by atoms with Crippen molar-refractivity contribution in [2.75, 3.05) is 13.1 Å². The van der Waals surface area contributed by atoms with Crippen LogP contribution in [0.5, 0.6) is 0 Å². The van der Waals surface area contributed by atoms with Gasteiger partial charge in [0.15, 0.2) is 0 Å². The Morgan fingerprint density at radius 3 is 2.75 bits per heavy atom. The van der Waals surface area contributed by atoms with Gasteiger partial charge in [0.05, 0.1) is 5.69 Å². The number of carbonyl (C=O) groups is 1. The number of carboxylic acid groups (broad SMARTS) is 1. The van der Waals surface area contributed by atoms with E-state index in [1.165, 1.54) is 0 Å². The fourth-order valence-corrected chi connectivity index (χ4v) is 2.31. The van der Waals surface area contributed by atoms with E-state index in [0.29, 0.717) is 5.69 Å². The van der Waals surface area contributed by atoms with Crippen molar-refractivity contribution in [2.45, 2.75) is 18.8 Å². The van der Waals surface area contributed by atoms with Gasteiger partial charge in [0.1, 0.15) is 5.92 Å². The highest BCUT2D eigenvalue weighted by Crippen LogP contribution is 2.29. The van der Waals surface area contributed by atoms with Crippen LogP contribution in [-0.4, -0.2) is 29.1 Å². The summed E-state index contributed by atoms with van der Waals surface area (Å²) in [4.78, 5) is 15.5. The zero-order valence-corrected chi connectivity index (χ0v) is 9.10. The molecule has 0 saturated carbocycles. The van der Waals surface area contributed by atoms with Crippen LogP contribution in [0.3, 0.4) is 0 Å². The van der Waals surface area contributed by atoms with E-state index in [-0.39, 0.29) is 5.92 Å². The number of aliphatic carboxylic acids is 1. The molecule has 1 aromatic heterocycles. The van der Waals surface area contributed by atoms with Crippen LogP contribution >= 0.6 is 0 Å². The molecule has 0 spiro atoms. The molecule has 0 amide bonds. The second-order valence-electron chi connectivity index (χ2n) is 4.16. The molecule has 1 atom stereocenters. The van der Waals surface area contributed by atoms with E-state index in [1.54, 1.807) is 12.3 Å². The molecule has 1 saturated heterocycles. The number of carboxylic acids is 1. The van der Waals surface area contributed by atoms with Crippen molar-refractivity contribution in [1.82, 2.24) is 10.3 Å². The molecular weight excluding hydrogens is 204 g/mol. The van der Waals surface area contributed by atoms with E-state index >= 15 is 0 Å². The molecule has 1 unspecified atom stereocenters. The first-order valence-electron chi connectivity index (χ1n) is 5.63. The number of nitrogens with one attached hydrogen (secondary N) is 1. The first kappa shape index (κ1) is 11.1. The lowest BCUT2D eigenvalue weighted by Crippen LogP contribution is -2.33. The minimum atomic E-state index is -0.759. The quantitative estimate of drug-likeness (QED) is 0.804. The van der Waals surface area contributed by atoms with Gasteiger partial charge in [-0.05, 0) is 44.0 Å². The summed E-state index contributed by atoms with van der Waals surface area (Å²) in [6, 6.07) is 5.46. The van der Waals surface area contributed by atoms with E-state index in [4.69, 9.17) is 0 Å². The summed E-state index contributed by atoms with van der Waals surface area (Å²) < 4.78 is 0. The SMILES string of the molecule is O=C(O)C(c1ccccn1)C1CCNCC1. The molecule has 0 radical (unpaired) electrons. The van der Waals surface area contributed by atoms with Crippen molar-refractivity contribution in [1.29, 1.82) is 0 Å². The van der Waals surface area contributed by atoms with Gasteiger partial charge in [0.25, 0.3) is 0 Å². The highest BCUT2D eigenvalue weighted by molar-refractivity contribution is 5.75. The molecule has 1 fully saturated rings. The maximum atomic E-state index is 11.3. The summed E-state index contributed by atoms with van der Waals surface area (Å²) in [6.07, 6.45) is 3.48. The van der Waals surface area contributed by atoms with Gasteiger partial charge in [-0.25, -0.2) is 0 Å². The van der Waals surface area contributed by atoms with Gasteiger partial charge < -0.3 is 10.4 Å². The highest BCUT2D eigenvalue weighted by Gasteiger charge is 2.31. The number of pyridine rings is 1. The average Bonchev–Trinajstić information content (AvgIpc) is 2.31. The molecule has 0 aromatic carbocycles. The lowest BCUT2D eigenvalue weighted by molar-refractivity contribution is -0.140. The molecule has 1 aromatic rings. The standard InChI is InChI=1S/C12H16N2O2/c15-12(16)11(9-4-7-13-8-5-9)10-3-1-2-6-14-10/h1-3,6,9,11,13H,4-5,7-8H2,(H,15,16). The number of rotatable bonds is 3. The third-order valence-electron chi connectivity index (χ3n) is 3.13. The molecule has 86 valence electrons. The molecule has 2 rings (SSSR count). The topological polar surface area (TPSA) is 62.2 Å². The average molecular weight is 220 g/mol. The Labute approximate surface area is 94.7 Å². The van der Waals surface area contributed by atoms with Gasteiger partial charge in [-0.1, -0.05) is 6.07 Å². The normalized spacial score (nSPS) is 19.2. The summed E-state index contributed by atoms with van der Waals surface area (Å²) in [6.45, 7) is 1.81. The molecular formula is C12H16N2O2. The van der Waals surface area contributed by atoms with Crippen LogP contribution in [-0.2, 0) is 4.79 Å². The zero-order chi connectivity index (χ0) is 11.4. The van der Waals surface area contributed by atoms with Crippen LogP contribution in [0, 0.1) is 5.92 Å². The van der Waals surface area contributed by atoms with E-state index in [1.807, 2.05) is 12.1 Å². The van der Waals surface area contributed by atoms with Gasteiger partial charge in [0, 0.05) is 6.20 Å². The Morgan fingerprint density at radius 2 is 2.19 bits per heavy atom. The monoisotopic (exact) mass is 220 g/mol. The Balaban J connectivity index is 2.20. The Morgan fingerprint density at radius 1 is 1.44 bits per heavy atom. The third kappa shape index (κ3) is 2.39. The van der Waals surface area contributed by atoms with Crippen molar-refractivity contribution < 1.29 is 9.90 Å². The highest BCUT2D eigenvalue weighted by atomic mass is 16.4. The lowest BCUT2D eigenvalue weighted by atomic mass is 9.82. The summed E-state index contributed by atoms with van der Waals surface area (Å²) in [5.74, 6) is -1.01. The summed E-state index contributed by atoms with van der Waals surface area (Å²) in [5, 5.41) is 12.6. The number of hydrogen-bond acceptors (Lipinski definition) is 3. The van der Waals surface area contributed by atoms with Gasteiger partial charge in [-0.3, -0.25) is 9.78 Å². The van der Waals surface area contributed by atoms with Gasteiger partial charge in [0.2, 0.25) is 0 Å². The molecule has 2 heterocycles.